The summed E-state index contributed by atoms with van der Waals surface area (Å²) in [5.41, 5.74) is 0.857. The summed E-state index contributed by atoms with van der Waals surface area (Å²) < 4.78 is 0. The van der Waals surface area contributed by atoms with E-state index < -0.39 is 6.10 Å². The van der Waals surface area contributed by atoms with Gasteiger partial charge >= 0.3 is 0 Å². The lowest BCUT2D eigenvalue weighted by Gasteiger charge is -2.12. The second kappa shape index (κ2) is 8.67. The Morgan fingerprint density at radius 3 is 2.58 bits per heavy atom. The summed E-state index contributed by atoms with van der Waals surface area (Å²) in [4.78, 5) is 11.5. The molecule has 1 atom stereocenters. The SMILES string of the molecule is CC(C)CCNC(=O)CNCC(O)c1ccccc1. The van der Waals surface area contributed by atoms with Crippen LogP contribution in [0.5, 0.6) is 0 Å². The first kappa shape index (κ1) is 15.7. The van der Waals surface area contributed by atoms with Crippen LogP contribution >= 0.6 is 0 Å². The van der Waals surface area contributed by atoms with Gasteiger partial charge < -0.3 is 15.7 Å². The molecule has 1 aromatic rings. The number of amides is 1. The second-order valence-corrected chi connectivity index (χ2v) is 5.09. The van der Waals surface area contributed by atoms with Crippen LogP contribution in [0.25, 0.3) is 0 Å². The van der Waals surface area contributed by atoms with Crippen molar-refractivity contribution in [2.24, 2.45) is 5.92 Å². The third-order valence-electron chi connectivity index (χ3n) is 2.85. The van der Waals surface area contributed by atoms with Crippen molar-refractivity contribution >= 4 is 5.91 Å². The minimum atomic E-state index is -0.579. The first-order valence-corrected chi connectivity index (χ1v) is 6.80. The molecule has 19 heavy (non-hydrogen) atoms. The molecule has 1 amide bonds. The highest BCUT2D eigenvalue weighted by atomic mass is 16.3. The van der Waals surface area contributed by atoms with Gasteiger partial charge in [-0.25, -0.2) is 0 Å². The van der Waals surface area contributed by atoms with E-state index in [0.717, 1.165) is 12.0 Å². The fraction of sp³-hybridized carbons (Fsp3) is 0.533. The summed E-state index contributed by atoms with van der Waals surface area (Å²) in [5.74, 6) is 0.564. The molecule has 0 fully saturated rings. The Bertz CT molecular complexity index is 366. The Kier molecular flexibility index (Phi) is 7.15. The zero-order valence-corrected chi connectivity index (χ0v) is 11.7. The average Bonchev–Trinajstić information content (AvgIpc) is 2.39. The fourth-order valence-electron chi connectivity index (χ4n) is 1.68. The molecule has 0 saturated carbocycles. The Labute approximate surface area is 115 Å². The molecule has 106 valence electrons. The first-order valence-electron chi connectivity index (χ1n) is 6.80. The zero-order chi connectivity index (χ0) is 14.1. The molecule has 1 aromatic carbocycles. The second-order valence-electron chi connectivity index (χ2n) is 5.09. The summed E-state index contributed by atoms with van der Waals surface area (Å²) in [7, 11) is 0. The van der Waals surface area contributed by atoms with Gasteiger partial charge in [-0.2, -0.15) is 0 Å². The summed E-state index contributed by atoms with van der Waals surface area (Å²) in [5, 5.41) is 15.7. The average molecular weight is 264 g/mol. The molecular weight excluding hydrogens is 240 g/mol. The lowest BCUT2D eigenvalue weighted by Crippen LogP contribution is -2.36. The van der Waals surface area contributed by atoms with Gasteiger partial charge in [-0.05, 0) is 17.9 Å². The van der Waals surface area contributed by atoms with Crippen LogP contribution in [0.15, 0.2) is 30.3 Å². The number of aliphatic hydroxyl groups is 1. The van der Waals surface area contributed by atoms with Gasteiger partial charge in [0, 0.05) is 13.1 Å². The molecule has 0 spiro atoms. The number of benzene rings is 1. The number of rotatable bonds is 8. The Morgan fingerprint density at radius 1 is 1.26 bits per heavy atom. The van der Waals surface area contributed by atoms with Gasteiger partial charge in [0.2, 0.25) is 5.91 Å². The summed E-state index contributed by atoms with van der Waals surface area (Å²) >= 11 is 0. The quantitative estimate of drug-likeness (QED) is 0.666. The molecule has 0 heterocycles. The maximum absolute atomic E-state index is 11.5. The van der Waals surface area contributed by atoms with Crippen molar-refractivity contribution < 1.29 is 9.90 Å². The van der Waals surface area contributed by atoms with Crippen LogP contribution in [-0.4, -0.2) is 30.6 Å². The van der Waals surface area contributed by atoms with E-state index in [-0.39, 0.29) is 12.5 Å². The number of carbonyl (C=O) groups is 1. The highest BCUT2D eigenvalue weighted by Gasteiger charge is 2.07. The summed E-state index contributed by atoms with van der Waals surface area (Å²) in [6.07, 6.45) is 0.405. The number of aliphatic hydroxyl groups excluding tert-OH is 1. The van der Waals surface area contributed by atoms with Crippen molar-refractivity contribution in [2.75, 3.05) is 19.6 Å². The number of hydrogen-bond acceptors (Lipinski definition) is 3. The van der Waals surface area contributed by atoms with Crippen molar-refractivity contribution in [1.29, 1.82) is 0 Å². The molecule has 0 bridgehead atoms. The molecule has 0 aliphatic heterocycles. The first-order chi connectivity index (χ1) is 9.09. The molecule has 0 aliphatic carbocycles. The van der Waals surface area contributed by atoms with Crippen molar-refractivity contribution in [3.05, 3.63) is 35.9 Å². The number of hydrogen-bond donors (Lipinski definition) is 3. The van der Waals surface area contributed by atoms with Crippen LogP contribution in [0.1, 0.15) is 31.9 Å². The lowest BCUT2D eigenvalue weighted by molar-refractivity contribution is -0.120. The standard InChI is InChI=1S/C15H24N2O2/c1-12(2)8-9-17-15(19)11-16-10-14(18)13-6-4-3-5-7-13/h3-7,12,14,16,18H,8-11H2,1-2H3,(H,17,19). The zero-order valence-electron chi connectivity index (χ0n) is 11.7. The van der Waals surface area contributed by atoms with Gasteiger partial charge in [-0.15, -0.1) is 0 Å². The molecule has 0 radical (unpaired) electrons. The molecule has 3 N–H and O–H groups in total. The predicted octanol–water partition coefficient (Wildman–Crippen LogP) is 1.47. The van der Waals surface area contributed by atoms with Crippen molar-refractivity contribution in [3.63, 3.8) is 0 Å². The van der Waals surface area contributed by atoms with Crippen LogP contribution < -0.4 is 10.6 Å². The van der Waals surface area contributed by atoms with Crippen LogP contribution in [0, 0.1) is 5.92 Å². The van der Waals surface area contributed by atoms with E-state index in [4.69, 9.17) is 0 Å². The van der Waals surface area contributed by atoms with Crippen LogP contribution in [-0.2, 0) is 4.79 Å². The van der Waals surface area contributed by atoms with Crippen molar-refractivity contribution in [3.8, 4) is 0 Å². The van der Waals surface area contributed by atoms with Crippen LogP contribution in [0.4, 0.5) is 0 Å². The van der Waals surface area contributed by atoms with E-state index in [0.29, 0.717) is 19.0 Å². The Morgan fingerprint density at radius 2 is 1.95 bits per heavy atom. The highest BCUT2D eigenvalue weighted by molar-refractivity contribution is 5.77. The van der Waals surface area contributed by atoms with Crippen LogP contribution in [0.3, 0.4) is 0 Å². The third kappa shape index (κ3) is 6.94. The monoisotopic (exact) mass is 264 g/mol. The van der Waals surface area contributed by atoms with E-state index >= 15 is 0 Å². The van der Waals surface area contributed by atoms with Gasteiger partial charge in [-0.3, -0.25) is 4.79 Å². The fourth-order valence-corrected chi connectivity index (χ4v) is 1.68. The van der Waals surface area contributed by atoms with Gasteiger partial charge in [0.25, 0.3) is 0 Å². The maximum Gasteiger partial charge on any atom is 0.233 e. The number of carbonyl (C=O) groups excluding carboxylic acids is 1. The normalized spacial score (nSPS) is 12.4. The predicted molar refractivity (Wildman–Crippen MR) is 76.7 cm³/mol. The molecule has 1 rings (SSSR count). The van der Waals surface area contributed by atoms with Gasteiger partial charge in [-0.1, -0.05) is 44.2 Å². The largest absolute Gasteiger partial charge is 0.387 e. The summed E-state index contributed by atoms with van der Waals surface area (Å²) in [6, 6.07) is 9.42. The topological polar surface area (TPSA) is 61.4 Å². The Hall–Kier alpha value is -1.39. The highest BCUT2D eigenvalue weighted by Crippen LogP contribution is 2.10. The van der Waals surface area contributed by atoms with Crippen molar-refractivity contribution in [1.82, 2.24) is 10.6 Å². The van der Waals surface area contributed by atoms with Gasteiger partial charge in [0.15, 0.2) is 0 Å². The van der Waals surface area contributed by atoms with Gasteiger partial charge in [0.05, 0.1) is 12.6 Å². The third-order valence-corrected chi connectivity index (χ3v) is 2.85. The minimum Gasteiger partial charge on any atom is -0.387 e. The van der Waals surface area contributed by atoms with Crippen molar-refractivity contribution in [2.45, 2.75) is 26.4 Å². The molecule has 1 unspecified atom stereocenters. The van der Waals surface area contributed by atoms with E-state index in [1.54, 1.807) is 0 Å². The summed E-state index contributed by atoms with van der Waals surface area (Å²) in [6.45, 7) is 5.57. The van der Waals surface area contributed by atoms with E-state index in [2.05, 4.69) is 24.5 Å². The maximum atomic E-state index is 11.5. The molecule has 4 heteroatoms. The van der Waals surface area contributed by atoms with E-state index in [1.165, 1.54) is 0 Å². The minimum absolute atomic E-state index is 0.0269. The van der Waals surface area contributed by atoms with Gasteiger partial charge in [0.1, 0.15) is 0 Å². The van der Waals surface area contributed by atoms with E-state index in [9.17, 15) is 9.90 Å². The molecule has 0 aliphatic rings. The Balaban J connectivity index is 2.14. The molecular formula is C15H24N2O2. The van der Waals surface area contributed by atoms with Crippen LogP contribution in [0.2, 0.25) is 0 Å². The molecule has 0 saturated heterocycles. The molecule has 4 nitrogen and oxygen atoms in total. The number of nitrogens with one attached hydrogen (secondary N) is 2. The smallest absolute Gasteiger partial charge is 0.233 e. The lowest BCUT2D eigenvalue weighted by atomic mass is 10.1. The molecule has 0 aromatic heterocycles. The van der Waals surface area contributed by atoms with E-state index in [1.807, 2.05) is 30.3 Å².